The van der Waals surface area contributed by atoms with Gasteiger partial charge in [0.25, 0.3) is 5.91 Å². The van der Waals surface area contributed by atoms with Gasteiger partial charge in [-0.05, 0) is 37.1 Å². The Bertz CT molecular complexity index is 499. The SMILES string of the molecule is CCCCCCCCCCC(Oc1ccc(C(=O)O)cc1)C(N)=O. The summed E-state index contributed by atoms with van der Waals surface area (Å²) in [6, 6.07) is 6.00. The quantitative estimate of drug-likeness (QED) is 0.530. The Hall–Kier alpha value is -2.04. The zero-order valence-electron chi connectivity index (χ0n) is 14.5. The van der Waals surface area contributed by atoms with Gasteiger partial charge in [0.05, 0.1) is 5.56 Å². The molecule has 0 spiro atoms. The van der Waals surface area contributed by atoms with E-state index in [4.69, 9.17) is 15.6 Å². The van der Waals surface area contributed by atoms with Gasteiger partial charge in [0, 0.05) is 0 Å². The van der Waals surface area contributed by atoms with Gasteiger partial charge in [-0.1, -0.05) is 51.9 Å². The van der Waals surface area contributed by atoms with Crippen LogP contribution in [0.4, 0.5) is 0 Å². The first kappa shape index (κ1) is 20.0. The van der Waals surface area contributed by atoms with Gasteiger partial charge in [-0.15, -0.1) is 0 Å². The molecule has 0 fully saturated rings. The van der Waals surface area contributed by atoms with Crippen LogP contribution in [0, 0.1) is 0 Å². The fourth-order valence-electron chi connectivity index (χ4n) is 2.56. The molecule has 134 valence electrons. The molecule has 0 heterocycles. The molecule has 3 N–H and O–H groups in total. The summed E-state index contributed by atoms with van der Waals surface area (Å²) in [4.78, 5) is 22.3. The van der Waals surface area contributed by atoms with Crippen molar-refractivity contribution in [3.63, 3.8) is 0 Å². The van der Waals surface area contributed by atoms with Crippen molar-refractivity contribution >= 4 is 11.9 Å². The number of carbonyl (C=O) groups excluding carboxylic acids is 1. The van der Waals surface area contributed by atoms with E-state index in [1.807, 2.05) is 0 Å². The van der Waals surface area contributed by atoms with Gasteiger partial charge >= 0.3 is 5.97 Å². The van der Waals surface area contributed by atoms with Crippen LogP contribution in [0.1, 0.15) is 75.1 Å². The molecule has 24 heavy (non-hydrogen) atoms. The summed E-state index contributed by atoms with van der Waals surface area (Å²) < 4.78 is 5.60. The number of amides is 1. The topological polar surface area (TPSA) is 89.6 Å². The molecule has 1 rings (SSSR count). The molecule has 5 nitrogen and oxygen atoms in total. The van der Waals surface area contributed by atoms with Gasteiger partial charge in [0.15, 0.2) is 6.10 Å². The Balaban J connectivity index is 2.31. The molecular weight excluding hydrogens is 306 g/mol. The largest absolute Gasteiger partial charge is 0.481 e. The summed E-state index contributed by atoms with van der Waals surface area (Å²) in [5.41, 5.74) is 5.58. The molecule has 1 aromatic carbocycles. The van der Waals surface area contributed by atoms with Gasteiger partial charge in [-0.25, -0.2) is 4.79 Å². The average Bonchev–Trinajstić information content (AvgIpc) is 2.56. The molecule has 0 aliphatic rings. The van der Waals surface area contributed by atoms with Crippen molar-refractivity contribution < 1.29 is 19.4 Å². The molecule has 0 bridgehead atoms. The van der Waals surface area contributed by atoms with Crippen LogP contribution >= 0.6 is 0 Å². The van der Waals surface area contributed by atoms with Gasteiger partial charge in [0.1, 0.15) is 5.75 Å². The highest BCUT2D eigenvalue weighted by Gasteiger charge is 2.17. The van der Waals surface area contributed by atoms with Crippen molar-refractivity contribution in [2.24, 2.45) is 5.73 Å². The molecular formula is C19H29NO4. The second-order valence-corrected chi connectivity index (χ2v) is 6.10. The molecule has 1 amide bonds. The van der Waals surface area contributed by atoms with Gasteiger partial charge in [0.2, 0.25) is 0 Å². The Morgan fingerprint density at radius 2 is 1.54 bits per heavy atom. The third-order valence-electron chi connectivity index (χ3n) is 4.02. The molecule has 0 aliphatic heterocycles. The number of hydrogen-bond donors (Lipinski definition) is 2. The van der Waals surface area contributed by atoms with E-state index in [2.05, 4.69) is 6.92 Å². The monoisotopic (exact) mass is 335 g/mol. The summed E-state index contributed by atoms with van der Waals surface area (Å²) in [5.74, 6) is -1.02. The van der Waals surface area contributed by atoms with Crippen molar-refractivity contribution in [2.45, 2.75) is 70.8 Å². The highest BCUT2D eigenvalue weighted by atomic mass is 16.5. The lowest BCUT2D eigenvalue weighted by molar-refractivity contribution is -0.125. The number of ether oxygens (including phenoxy) is 1. The van der Waals surface area contributed by atoms with Crippen molar-refractivity contribution in [3.8, 4) is 5.75 Å². The van der Waals surface area contributed by atoms with E-state index >= 15 is 0 Å². The second-order valence-electron chi connectivity index (χ2n) is 6.10. The molecule has 0 aromatic heterocycles. The normalized spacial score (nSPS) is 11.9. The minimum atomic E-state index is -0.994. The first-order valence-electron chi connectivity index (χ1n) is 8.84. The van der Waals surface area contributed by atoms with E-state index in [-0.39, 0.29) is 5.56 Å². The molecule has 1 unspecified atom stereocenters. The summed E-state index contributed by atoms with van der Waals surface area (Å²) in [5, 5.41) is 8.87. The lowest BCUT2D eigenvalue weighted by Crippen LogP contribution is -2.33. The standard InChI is InChI=1S/C19H29NO4/c1-2-3-4-5-6-7-8-9-10-17(18(20)21)24-16-13-11-15(12-14-16)19(22)23/h11-14,17H,2-10H2,1H3,(H2,20,21)(H,22,23). The average molecular weight is 335 g/mol. The van der Waals surface area contributed by atoms with Crippen LogP contribution in [0.3, 0.4) is 0 Å². The Labute approximate surface area is 144 Å². The van der Waals surface area contributed by atoms with Crippen molar-refractivity contribution in [1.29, 1.82) is 0 Å². The summed E-state index contributed by atoms with van der Waals surface area (Å²) in [6.07, 6.45) is 9.43. The Kier molecular flexibility index (Phi) is 9.58. The number of primary amides is 1. The number of carboxylic acids is 1. The number of benzene rings is 1. The molecule has 5 heteroatoms. The first-order chi connectivity index (χ1) is 11.5. The van der Waals surface area contributed by atoms with Crippen molar-refractivity contribution in [3.05, 3.63) is 29.8 Å². The number of nitrogens with two attached hydrogens (primary N) is 1. The van der Waals surface area contributed by atoms with Crippen LogP contribution in [-0.4, -0.2) is 23.1 Å². The second kappa shape index (κ2) is 11.5. The predicted octanol–water partition coefficient (Wildman–Crippen LogP) is 4.15. The Morgan fingerprint density at radius 3 is 2.04 bits per heavy atom. The van der Waals surface area contributed by atoms with Gasteiger partial charge < -0.3 is 15.6 Å². The van der Waals surface area contributed by atoms with Crippen LogP contribution in [0.2, 0.25) is 0 Å². The van der Waals surface area contributed by atoms with Gasteiger partial charge in [-0.3, -0.25) is 4.79 Å². The maximum Gasteiger partial charge on any atom is 0.335 e. The first-order valence-corrected chi connectivity index (χ1v) is 8.84. The zero-order chi connectivity index (χ0) is 17.8. The molecule has 0 radical (unpaired) electrons. The van der Waals surface area contributed by atoms with Crippen LogP contribution < -0.4 is 10.5 Å². The third-order valence-corrected chi connectivity index (χ3v) is 4.02. The van der Waals surface area contributed by atoms with Gasteiger partial charge in [-0.2, -0.15) is 0 Å². The fraction of sp³-hybridized carbons (Fsp3) is 0.579. The minimum absolute atomic E-state index is 0.182. The van der Waals surface area contributed by atoms with Crippen molar-refractivity contribution in [2.75, 3.05) is 0 Å². The van der Waals surface area contributed by atoms with E-state index in [0.29, 0.717) is 12.2 Å². The maximum atomic E-state index is 11.5. The van der Waals surface area contributed by atoms with Crippen molar-refractivity contribution in [1.82, 2.24) is 0 Å². The lowest BCUT2D eigenvalue weighted by atomic mass is 10.1. The minimum Gasteiger partial charge on any atom is -0.481 e. The fourth-order valence-corrected chi connectivity index (χ4v) is 2.56. The lowest BCUT2D eigenvalue weighted by Gasteiger charge is -2.16. The van der Waals surface area contributed by atoms with Crippen LogP contribution in [-0.2, 0) is 4.79 Å². The summed E-state index contributed by atoms with van der Waals surface area (Å²) >= 11 is 0. The van der Waals surface area contributed by atoms with Crippen LogP contribution in [0.15, 0.2) is 24.3 Å². The third kappa shape index (κ3) is 7.99. The van der Waals surface area contributed by atoms with Crippen LogP contribution in [0.5, 0.6) is 5.75 Å². The zero-order valence-corrected chi connectivity index (χ0v) is 14.5. The highest BCUT2D eigenvalue weighted by Crippen LogP contribution is 2.17. The number of carbonyl (C=O) groups is 2. The number of rotatable bonds is 13. The molecule has 0 saturated carbocycles. The predicted molar refractivity (Wildman–Crippen MR) is 94.2 cm³/mol. The van der Waals surface area contributed by atoms with E-state index in [9.17, 15) is 9.59 Å². The van der Waals surface area contributed by atoms with E-state index in [1.165, 1.54) is 50.7 Å². The molecule has 1 atom stereocenters. The smallest absolute Gasteiger partial charge is 0.335 e. The maximum absolute atomic E-state index is 11.5. The van der Waals surface area contributed by atoms with E-state index < -0.39 is 18.0 Å². The number of hydrogen-bond acceptors (Lipinski definition) is 3. The number of carboxylic acid groups (broad SMARTS) is 1. The van der Waals surface area contributed by atoms with Crippen LogP contribution in [0.25, 0.3) is 0 Å². The number of unbranched alkanes of at least 4 members (excludes halogenated alkanes) is 7. The molecule has 1 aromatic rings. The van der Waals surface area contributed by atoms with E-state index in [1.54, 1.807) is 12.1 Å². The van der Waals surface area contributed by atoms with E-state index in [0.717, 1.165) is 12.8 Å². The summed E-state index contributed by atoms with van der Waals surface area (Å²) in [6.45, 7) is 2.21. The number of aromatic carboxylic acids is 1. The molecule has 0 saturated heterocycles. The Morgan fingerprint density at radius 1 is 1.00 bits per heavy atom. The highest BCUT2D eigenvalue weighted by molar-refractivity contribution is 5.87. The summed E-state index contributed by atoms with van der Waals surface area (Å²) in [7, 11) is 0. The molecule has 0 aliphatic carbocycles.